The van der Waals surface area contributed by atoms with Gasteiger partial charge < -0.3 is 9.84 Å². The lowest BCUT2D eigenvalue weighted by Crippen LogP contribution is -2.40. The van der Waals surface area contributed by atoms with Gasteiger partial charge in [-0.2, -0.15) is 13.2 Å². The second-order valence-electron chi connectivity index (χ2n) is 3.82. The highest BCUT2D eigenvalue weighted by atomic mass is 35.5. The Morgan fingerprint density at radius 1 is 1.53 bits per heavy atom. The number of aliphatic carboxylic acids is 1. The number of aryl methyl sites for hydroxylation is 1. The summed E-state index contributed by atoms with van der Waals surface area (Å²) in [6.45, 7) is -2.54. The summed E-state index contributed by atoms with van der Waals surface area (Å²) in [6.07, 6.45) is -6.90. The van der Waals surface area contributed by atoms with Crippen molar-refractivity contribution in [3.63, 3.8) is 0 Å². The van der Waals surface area contributed by atoms with Crippen molar-refractivity contribution in [1.29, 1.82) is 0 Å². The Bertz CT molecular complexity index is 668. The van der Waals surface area contributed by atoms with Crippen LogP contribution in [-0.2, 0) is 4.79 Å². The molecule has 19 heavy (non-hydrogen) atoms. The largest absolute Gasteiger partial charge is 0.478 e. The second kappa shape index (κ2) is 4.45. The van der Waals surface area contributed by atoms with Crippen LogP contribution in [-0.4, -0.2) is 23.4 Å². The highest BCUT2D eigenvalue weighted by Gasteiger charge is 2.48. The number of carbonyl (C=O) groups is 1. The van der Waals surface area contributed by atoms with Crippen LogP contribution in [0, 0.1) is 6.85 Å². The van der Waals surface area contributed by atoms with E-state index in [0.717, 1.165) is 18.2 Å². The summed E-state index contributed by atoms with van der Waals surface area (Å²) in [4.78, 5) is 11.0. The van der Waals surface area contributed by atoms with E-state index in [-0.39, 0.29) is 16.1 Å². The lowest BCUT2D eigenvalue weighted by molar-refractivity contribution is -0.187. The van der Waals surface area contributed by atoms with Gasteiger partial charge in [0.25, 0.3) is 0 Å². The number of fused-ring (bicyclic) bond motifs is 1. The Kier molecular flexibility index (Phi) is 2.37. The number of ether oxygens (including phenoxy) is 1. The van der Waals surface area contributed by atoms with Crippen LogP contribution in [0.5, 0.6) is 5.75 Å². The van der Waals surface area contributed by atoms with Gasteiger partial charge in [0.05, 0.1) is 10.6 Å². The lowest BCUT2D eigenvalue weighted by Gasteiger charge is -2.27. The minimum absolute atomic E-state index is 0.128. The second-order valence-corrected chi connectivity index (χ2v) is 4.23. The average Bonchev–Trinajstić information content (AvgIpc) is 2.34. The van der Waals surface area contributed by atoms with E-state index in [4.69, 9.17) is 20.8 Å². The number of carboxylic acids is 1. The number of benzene rings is 1. The van der Waals surface area contributed by atoms with Crippen LogP contribution in [0.25, 0.3) is 6.08 Å². The van der Waals surface area contributed by atoms with E-state index >= 15 is 0 Å². The maximum Gasteiger partial charge on any atom is 0.430 e. The quantitative estimate of drug-likeness (QED) is 0.863. The number of alkyl halides is 3. The van der Waals surface area contributed by atoms with Gasteiger partial charge in [-0.1, -0.05) is 11.6 Å². The molecule has 102 valence electrons. The summed E-state index contributed by atoms with van der Waals surface area (Å²) in [6, 6.07) is 2.00. The molecule has 0 spiro atoms. The van der Waals surface area contributed by atoms with Crippen LogP contribution in [0.1, 0.15) is 15.2 Å². The van der Waals surface area contributed by atoms with Gasteiger partial charge >= 0.3 is 12.1 Å². The molecule has 1 unspecified atom stereocenters. The van der Waals surface area contributed by atoms with Crippen molar-refractivity contribution < 1.29 is 31.9 Å². The first-order valence-electron chi connectivity index (χ1n) is 6.43. The van der Waals surface area contributed by atoms with Crippen LogP contribution in [0.2, 0.25) is 5.02 Å². The topological polar surface area (TPSA) is 46.5 Å². The smallest absolute Gasteiger partial charge is 0.430 e. The van der Waals surface area contributed by atoms with E-state index < -0.39 is 36.4 Å². The van der Waals surface area contributed by atoms with Gasteiger partial charge in [0.2, 0.25) is 6.10 Å². The fourth-order valence-corrected chi connectivity index (χ4v) is 1.96. The Hall–Kier alpha value is -1.69. The molecule has 3 nitrogen and oxygen atoms in total. The SMILES string of the molecule is [2H]C([2H])([2H])c1cc(Cl)c2c(c1)C=C(C(=O)O)C(C(F)(F)F)O2. The lowest BCUT2D eigenvalue weighted by atomic mass is 10.00. The van der Waals surface area contributed by atoms with Gasteiger partial charge in [-0.3, -0.25) is 0 Å². The Balaban J connectivity index is 2.64. The fourth-order valence-electron chi connectivity index (χ4n) is 1.69. The minimum Gasteiger partial charge on any atom is -0.478 e. The van der Waals surface area contributed by atoms with Crippen LogP contribution >= 0.6 is 11.6 Å². The Morgan fingerprint density at radius 3 is 2.74 bits per heavy atom. The fraction of sp³-hybridized carbons (Fsp3) is 0.250. The molecule has 0 amide bonds. The van der Waals surface area contributed by atoms with Crippen molar-refractivity contribution in [3.8, 4) is 5.75 Å². The molecule has 7 heteroatoms. The zero-order chi connectivity index (χ0) is 16.9. The van der Waals surface area contributed by atoms with Gasteiger partial charge in [0.1, 0.15) is 5.75 Å². The molecule has 2 rings (SSSR count). The van der Waals surface area contributed by atoms with E-state index in [1.165, 1.54) is 0 Å². The number of hydrogen-bond acceptors (Lipinski definition) is 2. The van der Waals surface area contributed by atoms with Gasteiger partial charge in [0.15, 0.2) is 0 Å². The summed E-state index contributed by atoms with van der Waals surface area (Å²) in [5.41, 5.74) is -1.40. The van der Waals surface area contributed by atoms with Crippen LogP contribution in [0.15, 0.2) is 17.7 Å². The molecule has 0 radical (unpaired) electrons. The van der Waals surface area contributed by atoms with E-state index in [1.807, 2.05) is 0 Å². The van der Waals surface area contributed by atoms with E-state index in [1.54, 1.807) is 0 Å². The van der Waals surface area contributed by atoms with Crippen LogP contribution in [0.4, 0.5) is 13.2 Å². The van der Waals surface area contributed by atoms with E-state index in [2.05, 4.69) is 4.74 Å². The predicted octanol–water partition coefficient (Wildman–Crippen LogP) is 3.44. The van der Waals surface area contributed by atoms with Crippen molar-refractivity contribution in [2.24, 2.45) is 0 Å². The molecule has 0 aliphatic carbocycles. The molecule has 1 atom stereocenters. The van der Waals surface area contributed by atoms with E-state index in [0.29, 0.717) is 0 Å². The first-order valence-corrected chi connectivity index (χ1v) is 5.31. The molecule has 1 aromatic rings. The third-order valence-electron chi connectivity index (χ3n) is 2.45. The summed E-state index contributed by atoms with van der Waals surface area (Å²) in [5.74, 6) is -2.22. The molecule has 1 aromatic carbocycles. The third kappa shape index (κ3) is 2.53. The Morgan fingerprint density at radius 2 is 2.21 bits per heavy atom. The minimum atomic E-state index is -4.95. The third-order valence-corrected chi connectivity index (χ3v) is 2.73. The summed E-state index contributed by atoms with van der Waals surface area (Å²) < 4.78 is 65.2. The molecular weight excluding hydrogens is 285 g/mol. The van der Waals surface area contributed by atoms with Gasteiger partial charge in [-0.15, -0.1) is 0 Å². The number of hydrogen-bond donors (Lipinski definition) is 1. The molecule has 1 N–H and O–H groups in total. The maximum atomic E-state index is 12.9. The average molecular weight is 296 g/mol. The first kappa shape index (κ1) is 10.1. The Labute approximate surface area is 115 Å². The van der Waals surface area contributed by atoms with Crippen molar-refractivity contribution in [3.05, 3.63) is 33.9 Å². The van der Waals surface area contributed by atoms with Crippen LogP contribution in [0.3, 0.4) is 0 Å². The molecule has 1 aliphatic heterocycles. The molecule has 0 aromatic heterocycles. The zero-order valence-electron chi connectivity index (χ0n) is 12.1. The number of rotatable bonds is 1. The molecule has 0 saturated carbocycles. The molecule has 1 heterocycles. The molecule has 0 saturated heterocycles. The number of carboxylic acid groups (broad SMARTS) is 1. The van der Waals surface area contributed by atoms with Crippen molar-refractivity contribution in [2.45, 2.75) is 19.1 Å². The summed E-state index contributed by atoms with van der Waals surface area (Å²) >= 11 is 5.78. The summed E-state index contributed by atoms with van der Waals surface area (Å²) in [7, 11) is 0. The molecule has 0 fully saturated rings. The zero-order valence-corrected chi connectivity index (χ0v) is 9.84. The number of halogens is 4. The highest BCUT2D eigenvalue weighted by molar-refractivity contribution is 6.32. The molecule has 0 bridgehead atoms. The predicted molar refractivity (Wildman–Crippen MR) is 62.3 cm³/mol. The molecular formula is C12H8ClF3O3. The van der Waals surface area contributed by atoms with Crippen molar-refractivity contribution >= 4 is 23.6 Å². The van der Waals surface area contributed by atoms with Gasteiger partial charge in [0, 0.05) is 9.68 Å². The first-order chi connectivity index (χ1) is 9.91. The summed E-state index contributed by atoms with van der Waals surface area (Å²) in [5, 5.41) is 8.57. The normalized spacial score (nSPS) is 21.4. The van der Waals surface area contributed by atoms with E-state index in [9.17, 15) is 18.0 Å². The standard InChI is InChI=1S/C12H8ClF3O3/c1-5-2-6-4-7(11(17)18)10(12(14,15)16)19-9(6)8(13)3-5/h2-4,10H,1H3,(H,17,18)/i1D3. The van der Waals surface area contributed by atoms with Gasteiger partial charge in [-0.05, 0) is 30.6 Å². The highest BCUT2D eigenvalue weighted by Crippen LogP contribution is 2.41. The monoisotopic (exact) mass is 295 g/mol. The maximum absolute atomic E-state index is 12.9. The van der Waals surface area contributed by atoms with Crippen molar-refractivity contribution in [2.75, 3.05) is 0 Å². The van der Waals surface area contributed by atoms with Crippen molar-refractivity contribution in [1.82, 2.24) is 0 Å². The molecule has 1 aliphatic rings. The van der Waals surface area contributed by atoms with Gasteiger partial charge in [-0.25, -0.2) is 4.79 Å². The van der Waals surface area contributed by atoms with Crippen LogP contribution < -0.4 is 4.74 Å².